The molecule has 1 aromatic rings. The summed E-state index contributed by atoms with van der Waals surface area (Å²) in [6, 6.07) is 8.92. The van der Waals surface area contributed by atoms with Gasteiger partial charge in [0.15, 0.2) is 6.10 Å². The number of thioether (sulfide) groups is 1. The Morgan fingerprint density at radius 3 is 2.74 bits per heavy atom. The predicted molar refractivity (Wildman–Crippen MR) is 90.7 cm³/mol. The predicted octanol–water partition coefficient (Wildman–Crippen LogP) is 2.43. The lowest BCUT2D eigenvalue weighted by atomic mass is 10.1. The van der Waals surface area contributed by atoms with Crippen LogP contribution in [0.4, 0.5) is 0 Å². The van der Waals surface area contributed by atoms with Crippen molar-refractivity contribution in [3.8, 4) is 0 Å². The number of hydrogen-bond donors (Lipinski definition) is 0. The Bertz CT molecular complexity index is 565. The van der Waals surface area contributed by atoms with E-state index in [4.69, 9.17) is 31.2 Å². The second-order valence-corrected chi connectivity index (χ2v) is 7.09. The van der Waals surface area contributed by atoms with Gasteiger partial charge in [-0.15, -0.1) is 0 Å². The van der Waals surface area contributed by atoms with Gasteiger partial charge in [-0.3, -0.25) is 0 Å². The number of fused-ring (bicyclic) bond motifs is 1. The molecule has 3 rings (SSSR count). The number of ether oxygens (including phenoxy) is 4. The molecule has 124 valence electrons. The Balaban J connectivity index is 1.57. The van der Waals surface area contributed by atoms with Crippen LogP contribution in [0.25, 0.3) is 0 Å². The third kappa shape index (κ3) is 3.85. The average Bonchev–Trinajstić information content (AvgIpc) is 3.12. The molecule has 0 N–H and O–H groups in total. The highest BCUT2D eigenvalue weighted by Crippen LogP contribution is 2.36. The van der Waals surface area contributed by atoms with Crippen LogP contribution in [-0.2, 0) is 18.9 Å². The third-order valence-electron chi connectivity index (χ3n) is 3.74. The molecule has 5 nitrogen and oxygen atoms in total. The van der Waals surface area contributed by atoms with Gasteiger partial charge < -0.3 is 18.9 Å². The quantitative estimate of drug-likeness (QED) is 0.608. The number of carbonyl (C=O) groups is 1. The number of hydrogen-bond acceptors (Lipinski definition) is 7. The SMILES string of the molecule is CCOC(=S)S[C@@H]1CO[C@@H]2[C@H]1OC[C@H]2OC(=O)c1ccccc1. The van der Waals surface area contributed by atoms with Crippen LogP contribution in [0.15, 0.2) is 30.3 Å². The number of thiocarbonyl (C=S) groups is 1. The van der Waals surface area contributed by atoms with Crippen LogP contribution in [0.1, 0.15) is 17.3 Å². The Morgan fingerprint density at radius 1 is 1.26 bits per heavy atom. The molecule has 0 radical (unpaired) electrons. The molecular weight excluding hydrogens is 336 g/mol. The topological polar surface area (TPSA) is 54.0 Å². The van der Waals surface area contributed by atoms with E-state index < -0.39 is 0 Å². The summed E-state index contributed by atoms with van der Waals surface area (Å²) < 4.78 is 22.9. The second-order valence-electron chi connectivity index (χ2n) is 5.24. The van der Waals surface area contributed by atoms with E-state index in [1.54, 1.807) is 24.3 Å². The van der Waals surface area contributed by atoms with Crippen LogP contribution in [0, 0.1) is 0 Å². The first-order chi connectivity index (χ1) is 11.2. The van der Waals surface area contributed by atoms with Crippen LogP contribution in [0.2, 0.25) is 0 Å². The highest BCUT2D eigenvalue weighted by Gasteiger charge is 2.50. The molecule has 4 atom stereocenters. The molecule has 0 spiro atoms. The molecule has 2 heterocycles. The van der Waals surface area contributed by atoms with Crippen molar-refractivity contribution in [1.29, 1.82) is 0 Å². The number of rotatable bonds is 4. The molecule has 0 unspecified atom stereocenters. The van der Waals surface area contributed by atoms with E-state index in [1.807, 2.05) is 13.0 Å². The summed E-state index contributed by atoms with van der Waals surface area (Å²) in [5.41, 5.74) is 0.525. The minimum Gasteiger partial charge on any atom is -0.479 e. The smallest absolute Gasteiger partial charge is 0.338 e. The Morgan fingerprint density at radius 2 is 2.00 bits per heavy atom. The van der Waals surface area contributed by atoms with Crippen LogP contribution in [-0.4, -0.2) is 53.7 Å². The van der Waals surface area contributed by atoms with Crippen LogP contribution >= 0.6 is 24.0 Å². The van der Waals surface area contributed by atoms with E-state index in [0.717, 1.165) is 0 Å². The Hall–Kier alpha value is -1.15. The van der Waals surface area contributed by atoms with Gasteiger partial charge in [-0.05, 0) is 31.3 Å². The molecule has 0 aromatic heterocycles. The maximum Gasteiger partial charge on any atom is 0.338 e. The molecule has 2 aliphatic rings. The average molecular weight is 354 g/mol. The van der Waals surface area contributed by atoms with Gasteiger partial charge >= 0.3 is 5.97 Å². The second kappa shape index (κ2) is 7.61. The molecular formula is C16H18O5S2. The lowest BCUT2D eigenvalue weighted by Crippen LogP contribution is -2.33. The zero-order valence-corrected chi connectivity index (χ0v) is 14.3. The summed E-state index contributed by atoms with van der Waals surface area (Å²) in [5.74, 6) is -0.357. The summed E-state index contributed by atoms with van der Waals surface area (Å²) >= 11 is 6.60. The summed E-state index contributed by atoms with van der Waals surface area (Å²) in [5, 5.41) is 0.0690. The molecule has 0 aliphatic carbocycles. The van der Waals surface area contributed by atoms with E-state index in [-0.39, 0.29) is 29.5 Å². The van der Waals surface area contributed by atoms with E-state index in [1.165, 1.54) is 11.8 Å². The van der Waals surface area contributed by atoms with E-state index in [9.17, 15) is 4.79 Å². The summed E-state index contributed by atoms with van der Waals surface area (Å²) in [6.45, 7) is 3.29. The van der Waals surface area contributed by atoms with Crippen molar-refractivity contribution in [3.63, 3.8) is 0 Å². The minimum atomic E-state index is -0.390. The van der Waals surface area contributed by atoms with Gasteiger partial charge in [-0.1, -0.05) is 30.0 Å². The summed E-state index contributed by atoms with van der Waals surface area (Å²) in [7, 11) is 0. The van der Waals surface area contributed by atoms with Gasteiger partial charge in [0.05, 0.1) is 30.6 Å². The fraction of sp³-hybridized carbons (Fsp3) is 0.500. The Kier molecular flexibility index (Phi) is 5.53. The van der Waals surface area contributed by atoms with Crippen molar-refractivity contribution in [3.05, 3.63) is 35.9 Å². The summed E-state index contributed by atoms with van der Waals surface area (Å²) in [4.78, 5) is 12.2. The molecule has 0 bridgehead atoms. The van der Waals surface area contributed by atoms with Crippen LogP contribution in [0.5, 0.6) is 0 Å². The van der Waals surface area contributed by atoms with Crippen molar-refractivity contribution in [2.24, 2.45) is 0 Å². The first-order valence-electron chi connectivity index (χ1n) is 7.51. The van der Waals surface area contributed by atoms with E-state index >= 15 is 0 Å². The van der Waals surface area contributed by atoms with Crippen molar-refractivity contribution >= 4 is 34.3 Å². The van der Waals surface area contributed by atoms with Crippen molar-refractivity contribution in [2.45, 2.75) is 30.5 Å². The van der Waals surface area contributed by atoms with Crippen molar-refractivity contribution < 1.29 is 23.7 Å². The van der Waals surface area contributed by atoms with Gasteiger partial charge in [-0.25, -0.2) is 4.79 Å². The molecule has 0 amide bonds. The zero-order valence-electron chi connectivity index (χ0n) is 12.7. The fourth-order valence-electron chi connectivity index (χ4n) is 2.69. The monoisotopic (exact) mass is 354 g/mol. The molecule has 7 heteroatoms. The largest absolute Gasteiger partial charge is 0.479 e. The lowest BCUT2D eigenvalue weighted by molar-refractivity contribution is -0.0146. The molecule has 23 heavy (non-hydrogen) atoms. The highest BCUT2D eigenvalue weighted by atomic mass is 32.2. The maximum absolute atomic E-state index is 12.2. The van der Waals surface area contributed by atoms with E-state index in [0.29, 0.717) is 29.8 Å². The molecule has 2 saturated heterocycles. The van der Waals surface area contributed by atoms with Gasteiger partial charge in [-0.2, -0.15) is 0 Å². The standard InChI is InChI=1S/C16H18O5S2/c1-2-18-16(22)23-12-9-20-13-11(8-19-14(12)13)21-15(17)10-6-4-3-5-7-10/h3-7,11-14H,2,8-9H2,1H3/t11-,12-,13+,14+/m1/s1. The van der Waals surface area contributed by atoms with Gasteiger partial charge in [0.25, 0.3) is 0 Å². The number of carbonyl (C=O) groups excluding carboxylic acids is 1. The zero-order chi connectivity index (χ0) is 16.2. The molecule has 0 saturated carbocycles. The van der Waals surface area contributed by atoms with Crippen molar-refractivity contribution in [1.82, 2.24) is 0 Å². The molecule has 2 fully saturated rings. The van der Waals surface area contributed by atoms with Gasteiger partial charge in [0, 0.05) is 0 Å². The normalized spacial score (nSPS) is 29.1. The fourth-order valence-corrected chi connectivity index (χ4v) is 4.12. The highest BCUT2D eigenvalue weighted by molar-refractivity contribution is 8.23. The van der Waals surface area contributed by atoms with Gasteiger partial charge in [0.1, 0.15) is 12.2 Å². The maximum atomic E-state index is 12.2. The van der Waals surface area contributed by atoms with Crippen molar-refractivity contribution in [2.75, 3.05) is 19.8 Å². The van der Waals surface area contributed by atoms with Crippen LogP contribution < -0.4 is 0 Å². The molecule has 2 aliphatic heterocycles. The van der Waals surface area contributed by atoms with Crippen LogP contribution in [0.3, 0.4) is 0 Å². The third-order valence-corrected chi connectivity index (χ3v) is 5.16. The van der Waals surface area contributed by atoms with Gasteiger partial charge in [0.2, 0.25) is 4.38 Å². The number of esters is 1. The number of benzene rings is 1. The first kappa shape index (κ1) is 16.7. The minimum absolute atomic E-state index is 0.0690. The van der Waals surface area contributed by atoms with E-state index in [2.05, 4.69) is 0 Å². The Labute approximate surface area is 144 Å². The molecule has 1 aromatic carbocycles. The lowest BCUT2D eigenvalue weighted by Gasteiger charge is -2.17. The summed E-state index contributed by atoms with van der Waals surface area (Å²) in [6.07, 6.45) is -0.768. The first-order valence-corrected chi connectivity index (χ1v) is 8.80.